The van der Waals surface area contributed by atoms with Crippen molar-refractivity contribution in [2.24, 2.45) is 5.92 Å². The highest BCUT2D eigenvalue weighted by molar-refractivity contribution is 7.14. The number of aromatic nitrogens is 1. The number of hydrogen-bond acceptors (Lipinski definition) is 4. The number of halogens is 1. The molecule has 0 saturated carbocycles. The van der Waals surface area contributed by atoms with E-state index in [2.05, 4.69) is 15.6 Å². The molecule has 0 aliphatic heterocycles. The van der Waals surface area contributed by atoms with Crippen molar-refractivity contribution in [2.45, 2.75) is 27.2 Å². The summed E-state index contributed by atoms with van der Waals surface area (Å²) in [4.78, 5) is 30.3. The molecular formula is C23H24FN3O2S. The number of thiazole rings is 1. The van der Waals surface area contributed by atoms with E-state index in [0.29, 0.717) is 40.7 Å². The van der Waals surface area contributed by atoms with Crippen molar-refractivity contribution in [3.63, 3.8) is 0 Å². The quantitative estimate of drug-likeness (QED) is 0.570. The molecule has 3 rings (SSSR count). The van der Waals surface area contributed by atoms with Crippen LogP contribution in [0.1, 0.15) is 50.1 Å². The molecule has 0 atom stereocenters. The van der Waals surface area contributed by atoms with Crippen molar-refractivity contribution >= 4 is 28.8 Å². The first-order chi connectivity index (χ1) is 14.3. The summed E-state index contributed by atoms with van der Waals surface area (Å²) in [6.07, 6.45) is 0.521. The van der Waals surface area contributed by atoms with Gasteiger partial charge >= 0.3 is 0 Å². The minimum Gasteiger partial charge on any atom is -0.352 e. The third-order valence-electron chi connectivity index (χ3n) is 4.41. The van der Waals surface area contributed by atoms with Gasteiger partial charge < -0.3 is 10.6 Å². The third-order valence-corrected chi connectivity index (χ3v) is 5.56. The van der Waals surface area contributed by atoms with Gasteiger partial charge in [-0.15, -0.1) is 11.3 Å². The molecule has 0 bridgehead atoms. The number of anilines is 1. The average Bonchev–Trinajstić information content (AvgIpc) is 3.08. The highest BCUT2D eigenvalue weighted by Crippen LogP contribution is 2.23. The van der Waals surface area contributed by atoms with Crippen molar-refractivity contribution in [3.8, 4) is 0 Å². The maximum Gasteiger partial charge on any atom is 0.267 e. The van der Waals surface area contributed by atoms with Gasteiger partial charge in [-0.25, -0.2) is 9.37 Å². The van der Waals surface area contributed by atoms with E-state index >= 15 is 0 Å². The molecule has 0 aliphatic carbocycles. The van der Waals surface area contributed by atoms with Crippen LogP contribution in [0, 0.1) is 18.7 Å². The van der Waals surface area contributed by atoms with E-state index in [1.807, 2.05) is 13.8 Å². The zero-order chi connectivity index (χ0) is 21.7. The monoisotopic (exact) mass is 425 g/mol. The Bertz CT molecular complexity index is 1040. The maximum atomic E-state index is 13.1. The fourth-order valence-corrected chi connectivity index (χ4v) is 3.87. The molecule has 156 valence electrons. The summed E-state index contributed by atoms with van der Waals surface area (Å²) < 4.78 is 13.1. The highest BCUT2D eigenvalue weighted by atomic mass is 32.1. The number of amides is 2. The molecule has 0 spiro atoms. The number of benzene rings is 2. The number of aryl methyl sites for hydroxylation is 1. The summed E-state index contributed by atoms with van der Waals surface area (Å²) in [5.74, 6) is -0.489. The highest BCUT2D eigenvalue weighted by Gasteiger charge is 2.18. The van der Waals surface area contributed by atoms with E-state index in [4.69, 9.17) is 0 Å². The van der Waals surface area contributed by atoms with Crippen LogP contribution in [0.5, 0.6) is 0 Å². The van der Waals surface area contributed by atoms with Gasteiger partial charge in [0, 0.05) is 13.0 Å². The third kappa shape index (κ3) is 5.51. The summed E-state index contributed by atoms with van der Waals surface area (Å²) in [6, 6.07) is 13.2. The lowest BCUT2D eigenvalue weighted by atomic mass is 10.1. The zero-order valence-corrected chi connectivity index (χ0v) is 18.0. The van der Waals surface area contributed by atoms with Crippen LogP contribution < -0.4 is 10.6 Å². The van der Waals surface area contributed by atoms with E-state index < -0.39 is 0 Å². The Balaban J connectivity index is 1.74. The lowest BCUT2D eigenvalue weighted by Crippen LogP contribution is -2.28. The zero-order valence-electron chi connectivity index (χ0n) is 17.2. The second-order valence-corrected chi connectivity index (χ2v) is 8.51. The first-order valence-electron chi connectivity index (χ1n) is 9.73. The smallest absolute Gasteiger partial charge is 0.267 e. The van der Waals surface area contributed by atoms with Gasteiger partial charge in [0.2, 0.25) is 0 Å². The Kier molecular flexibility index (Phi) is 6.95. The number of carbonyl (C=O) groups is 2. The van der Waals surface area contributed by atoms with Crippen LogP contribution in [0.2, 0.25) is 0 Å². The maximum absolute atomic E-state index is 13.1. The van der Waals surface area contributed by atoms with Crippen LogP contribution in [-0.2, 0) is 6.42 Å². The van der Waals surface area contributed by atoms with E-state index in [0.717, 1.165) is 10.6 Å². The summed E-state index contributed by atoms with van der Waals surface area (Å²) in [5.41, 5.74) is 2.41. The summed E-state index contributed by atoms with van der Waals surface area (Å²) in [7, 11) is 0. The molecule has 0 aliphatic rings. The van der Waals surface area contributed by atoms with Gasteiger partial charge in [-0.3, -0.25) is 9.59 Å². The van der Waals surface area contributed by atoms with E-state index in [-0.39, 0.29) is 17.6 Å². The molecule has 0 saturated heterocycles. The van der Waals surface area contributed by atoms with Gasteiger partial charge in [0.1, 0.15) is 10.7 Å². The minimum atomic E-state index is -0.306. The lowest BCUT2D eigenvalue weighted by molar-refractivity contribution is 0.0950. The van der Waals surface area contributed by atoms with Gasteiger partial charge in [-0.2, -0.15) is 0 Å². The normalized spacial score (nSPS) is 10.8. The summed E-state index contributed by atoms with van der Waals surface area (Å²) in [6.45, 7) is 6.37. The van der Waals surface area contributed by atoms with Gasteiger partial charge in [0.25, 0.3) is 11.8 Å². The molecule has 0 radical (unpaired) electrons. The average molecular weight is 426 g/mol. The molecule has 1 aromatic heterocycles. The van der Waals surface area contributed by atoms with Crippen molar-refractivity contribution in [3.05, 3.63) is 81.1 Å². The van der Waals surface area contributed by atoms with Crippen molar-refractivity contribution < 1.29 is 14.0 Å². The standard InChI is InChI=1S/C23H24FN3O2S/c1-14(2)13-25-22(28)18-6-4-5-7-19(18)27-23(29)21-15(3)26-20(30-21)12-16-8-10-17(24)11-9-16/h4-11,14H,12-13H2,1-3H3,(H,25,28)(H,27,29). The molecule has 2 N–H and O–H groups in total. The topological polar surface area (TPSA) is 71.1 Å². The molecule has 2 aromatic carbocycles. The molecule has 0 fully saturated rings. The molecule has 5 nitrogen and oxygen atoms in total. The Hall–Kier alpha value is -3.06. The molecule has 2 amide bonds. The van der Waals surface area contributed by atoms with Crippen LogP contribution in [0.15, 0.2) is 48.5 Å². The predicted molar refractivity (Wildman–Crippen MR) is 118 cm³/mol. The van der Waals surface area contributed by atoms with Crippen LogP contribution in [-0.4, -0.2) is 23.3 Å². The van der Waals surface area contributed by atoms with Crippen LogP contribution in [0.4, 0.5) is 10.1 Å². The Morgan fingerprint density at radius 2 is 1.77 bits per heavy atom. The molecule has 3 aromatic rings. The summed E-state index contributed by atoms with van der Waals surface area (Å²) in [5, 5.41) is 6.48. The lowest BCUT2D eigenvalue weighted by Gasteiger charge is -2.12. The van der Waals surface area contributed by atoms with Crippen LogP contribution in [0.3, 0.4) is 0 Å². The number of nitrogens with one attached hydrogen (secondary N) is 2. The number of rotatable bonds is 7. The SMILES string of the molecule is Cc1nc(Cc2ccc(F)cc2)sc1C(=O)Nc1ccccc1C(=O)NCC(C)C. The Labute approximate surface area is 179 Å². The van der Waals surface area contributed by atoms with Crippen LogP contribution >= 0.6 is 11.3 Å². The first-order valence-corrected chi connectivity index (χ1v) is 10.5. The van der Waals surface area contributed by atoms with Crippen molar-refractivity contribution in [1.82, 2.24) is 10.3 Å². The summed E-state index contributed by atoms with van der Waals surface area (Å²) >= 11 is 1.30. The first kappa shape index (κ1) is 21.6. The van der Waals surface area contributed by atoms with Crippen molar-refractivity contribution in [1.29, 1.82) is 0 Å². The molecule has 1 heterocycles. The van der Waals surface area contributed by atoms with E-state index in [9.17, 15) is 14.0 Å². The molecule has 7 heteroatoms. The van der Waals surface area contributed by atoms with Crippen molar-refractivity contribution in [2.75, 3.05) is 11.9 Å². The fraction of sp³-hybridized carbons (Fsp3) is 0.261. The molecule has 0 unspecified atom stereocenters. The minimum absolute atomic E-state index is 0.224. The second-order valence-electron chi connectivity index (χ2n) is 7.43. The number of carbonyl (C=O) groups excluding carboxylic acids is 2. The second kappa shape index (κ2) is 9.63. The molecule has 30 heavy (non-hydrogen) atoms. The fourth-order valence-electron chi connectivity index (χ4n) is 2.88. The molecular weight excluding hydrogens is 401 g/mol. The largest absolute Gasteiger partial charge is 0.352 e. The number of nitrogens with zero attached hydrogens (tertiary/aromatic N) is 1. The van der Waals surface area contributed by atoms with E-state index in [1.54, 1.807) is 43.3 Å². The Morgan fingerprint density at radius 3 is 2.47 bits per heavy atom. The van der Waals surface area contributed by atoms with Gasteiger partial charge in [-0.05, 0) is 42.7 Å². The Morgan fingerprint density at radius 1 is 1.07 bits per heavy atom. The van der Waals surface area contributed by atoms with Gasteiger partial charge in [0.05, 0.1) is 22.0 Å². The van der Waals surface area contributed by atoms with E-state index in [1.165, 1.54) is 23.5 Å². The number of hydrogen-bond donors (Lipinski definition) is 2. The van der Waals surface area contributed by atoms with Crippen LogP contribution in [0.25, 0.3) is 0 Å². The van der Waals surface area contributed by atoms with Gasteiger partial charge in [0.15, 0.2) is 0 Å². The van der Waals surface area contributed by atoms with Gasteiger partial charge in [-0.1, -0.05) is 38.1 Å². The number of para-hydroxylation sites is 1. The predicted octanol–water partition coefficient (Wildman–Crippen LogP) is 4.82.